The predicted molar refractivity (Wildman–Crippen MR) is 86.7 cm³/mol. The van der Waals surface area contributed by atoms with E-state index in [9.17, 15) is 8.42 Å². The van der Waals surface area contributed by atoms with E-state index in [4.69, 9.17) is 5.73 Å². The summed E-state index contributed by atoms with van der Waals surface area (Å²) in [4.78, 5) is 0.246. The van der Waals surface area contributed by atoms with Gasteiger partial charge in [-0.2, -0.15) is 0 Å². The maximum absolute atomic E-state index is 12.0. The van der Waals surface area contributed by atoms with Crippen LogP contribution >= 0.6 is 0 Å². The van der Waals surface area contributed by atoms with Crippen LogP contribution in [0.25, 0.3) is 0 Å². The fourth-order valence-corrected chi connectivity index (χ4v) is 3.59. The summed E-state index contributed by atoms with van der Waals surface area (Å²) in [5.41, 5.74) is 7.56. The summed E-state index contributed by atoms with van der Waals surface area (Å²) in [7, 11) is -3.45. The molecule has 0 amide bonds. The second-order valence-corrected chi connectivity index (χ2v) is 7.89. The Hall–Kier alpha value is -1.27. The van der Waals surface area contributed by atoms with Crippen molar-refractivity contribution in [3.8, 4) is 0 Å². The van der Waals surface area contributed by atoms with E-state index in [1.807, 2.05) is 0 Å². The van der Waals surface area contributed by atoms with Gasteiger partial charge in [0.05, 0.1) is 16.3 Å². The third kappa shape index (κ3) is 3.49. The number of rotatable bonds is 7. The van der Waals surface area contributed by atoms with Crippen molar-refractivity contribution in [1.29, 1.82) is 0 Å². The quantitative estimate of drug-likeness (QED) is 0.675. The van der Waals surface area contributed by atoms with E-state index in [1.54, 1.807) is 19.1 Å². The van der Waals surface area contributed by atoms with Gasteiger partial charge in [0, 0.05) is 13.1 Å². The molecule has 1 aromatic rings. The van der Waals surface area contributed by atoms with E-state index in [1.165, 1.54) is 18.9 Å². The van der Waals surface area contributed by atoms with E-state index >= 15 is 0 Å². The topological polar surface area (TPSA) is 84.2 Å². The highest BCUT2D eigenvalue weighted by molar-refractivity contribution is 7.89. The molecular formula is C15H25N3O2S. The fraction of sp³-hybridized carbons (Fsp3) is 0.600. The molecule has 1 aliphatic rings. The number of hydrogen-bond donors (Lipinski definition) is 3. The molecule has 4 N–H and O–H groups in total. The van der Waals surface area contributed by atoms with Crippen molar-refractivity contribution in [2.75, 3.05) is 24.1 Å². The zero-order chi connectivity index (χ0) is 15.7. The Morgan fingerprint density at radius 1 is 1.33 bits per heavy atom. The monoisotopic (exact) mass is 311 g/mol. The van der Waals surface area contributed by atoms with Crippen molar-refractivity contribution in [3.05, 3.63) is 18.2 Å². The first-order valence-corrected chi connectivity index (χ1v) is 8.92. The molecule has 1 saturated carbocycles. The van der Waals surface area contributed by atoms with Crippen LogP contribution in [0.15, 0.2) is 23.1 Å². The van der Waals surface area contributed by atoms with Crippen LogP contribution in [0.3, 0.4) is 0 Å². The van der Waals surface area contributed by atoms with Gasteiger partial charge in [0.15, 0.2) is 0 Å². The van der Waals surface area contributed by atoms with Crippen molar-refractivity contribution in [1.82, 2.24) is 4.72 Å². The van der Waals surface area contributed by atoms with Crippen molar-refractivity contribution >= 4 is 21.4 Å². The normalized spacial score (nSPS) is 17.0. The molecule has 0 saturated heterocycles. The fourth-order valence-electron chi connectivity index (χ4n) is 2.52. The largest absolute Gasteiger partial charge is 0.397 e. The molecule has 0 atom stereocenters. The molecule has 21 heavy (non-hydrogen) atoms. The SMILES string of the molecule is CCNS(=O)(=O)c1ccc(N)c(NCC2(C(C)C)CC2)c1. The van der Waals surface area contributed by atoms with Crippen molar-refractivity contribution < 1.29 is 8.42 Å². The molecule has 2 rings (SSSR count). The lowest BCUT2D eigenvalue weighted by atomic mass is 9.92. The average molecular weight is 311 g/mol. The second-order valence-electron chi connectivity index (χ2n) is 6.12. The highest BCUT2D eigenvalue weighted by Crippen LogP contribution is 2.51. The molecule has 0 aliphatic heterocycles. The number of nitrogens with one attached hydrogen (secondary N) is 2. The lowest BCUT2D eigenvalue weighted by Crippen LogP contribution is -2.24. The van der Waals surface area contributed by atoms with Gasteiger partial charge in [0.2, 0.25) is 10.0 Å². The highest BCUT2D eigenvalue weighted by atomic mass is 32.2. The van der Waals surface area contributed by atoms with Crippen LogP contribution in [0.1, 0.15) is 33.6 Å². The Morgan fingerprint density at radius 2 is 2.00 bits per heavy atom. The first kappa shape index (κ1) is 16.1. The Morgan fingerprint density at radius 3 is 2.52 bits per heavy atom. The molecule has 6 heteroatoms. The van der Waals surface area contributed by atoms with Gasteiger partial charge < -0.3 is 11.1 Å². The van der Waals surface area contributed by atoms with Gasteiger partial charge >= 0.3 is 0 Å². The van der Waals surface area contributed by atoms with Crippen LogP contribution in [0, 0.1) is 11.3 Å². The zero-order valence-electron chi connectivity index (χ0n) is 12.9. The molecule has 0 bridgehead atoms. The molecule has 0 radical (unpaired) electrons. The molecule has 118 valence electrons. The maximum Gasteiger partial charge on any atom is 0.240 e. The Balaban J connectivity index is 2.17. The number of anilines is 2. The van der Waals surface area contributed by atoms with Gasteiger partial charge in [-0.1, -0.05) is 20.8 Å². The Kier molecular flexibility index (Phi) is 4.49. The van der Waals surface area contributed by atoms with E-state index in [0.717, 1.165) is 6.54 Å². The average Bonchev–Trinajstić information content (AvgIpc) is 3.18. The molecule has 0 heterocycles. The first-order valence-electron chi connectivity index (χ1n) is 7.44. The standard InChI is InChI=1S/C15H25N3O2S/c1-4-18-21(19,20)12-5-6-13(16)14(9-12)17-10-15(7-8-15)11(2)3/h5-6,9,11,17-18H,4,7-8,10,16H2,1-3H3. The third-order valence-electron chi connectivity index (χ3n) is 4.42. The smallest absolute Gasteiger partial charge is 0.240 e. The van der Waals surface area contributed by atoms with Gasteiger partial charge in [-0.3, -0.25) is 0 Å². The number of benzene rings is 1. The molecular weight excluding hydrogens is 286 g/mol. The summed E-state index contributed by atoms with van der Waals surface area (Å²) in [5.74, 6) is 0.611. The molecule has 0 unspecified atom stereocenters. The van der Waals surface area contributed by atoms with Crippen molar-refractivity contribution in [2.24, 2.45) is 11.3 Å². The van der Waals surface area contributed by atoms with E-state index in [0.29, 0.717) is 29.3 Å². The minimum atomic E-state index is -3.45. The van der Waals surface area contributed by atoms with E-state index in [2.05, 4.69) is 23.9 Å². The van der Waals surface area contributed by atoms with Crippen molar-refractivity contribution in [2.45, 2.75) is 38.5 Å². The van der Waals surface area contributed by atoms with E-state index in [-0.39, 0.29) is 4.90 Å². The summed E-state index contributed by atoms with van der Waals surface area (Å²) < 4.78 is 26.6. The minimum Gasteiger partial charge on any atom is -0.397 e. The van der Waals surface area contributed by atoms with Crippen LogP contribution in [-0.2, 0) is 10.0 Å². The highest BCUT2D eigenvalue weighted by Gasteiger charge is 2.44. The van der Waals surface area contributed by atoms with Crippen LogP contribution in [0.2, 0.25) is 0 Å². The van der Waals surface area contributed by atoms with Crippen LogP contribution in [0.4, 0.5) is 11.4 Å². The minimum absolute atomic E-state index is 0.246. The zero-order valence-corrected chi connectivity index (χ0v) is 13.8. The summed E-state index contributed by atoms with van der Waals surface area (Å²) in [5, 5.41) is 3.33. The number of nitrogens with two attached hydrogens (primary N) is 1. The molecule has 1 fully saturated rings. The Labute approximate surface area is 127 Å². The summed E-state index contributed by atoms with van der Waals surface area (Å²) in [6.07, 6.45) is 2.43. The van der Waals surface area contributed by atoms with Gasteiger partial charge in [-0.25, -0.2) is 13.1 Å². The maximum atomic E-state index is 12.0. The van der Waals surface area contributed by atoms with E-state index < -0.39 is 10.0 Å². The van der Waals surface area contributed by atoms with Crippen LogP contribution in [-0.4, -0.2) is 21.5 Å². The predicted octanol–water partition coefficient (Wildman–Crippen LogP) is 2.42. The third-order valence-corrected chi connectivity index (χ3v) is 5.96. The summed E-state index contributed by atoms with van der Waals surface area (Å²) in [6.45, 7) is 7.41. The Bertz CT molecular complexity index is 607. The molecule has 0 aromatic heterocycles. The second kappa shape index (κ2) is 5.85. The van der Waals surface area contributed by atoms with Gasteiger partial charge in [0.1, 0.15) is 0 Å². The lowest BCUT2D eigenvalue weighted by molar-refractivity contribution is 0.380. The van der Waals surface area contributed by atoms with Gasteiger partial charge in [-0.05, 0) is 42.4 Å². The lowest BCUT2D eigenvalue weighted by Gasteiger charge is -2.21. The van der Waals surface area contributed by atoms with Gasteiger partial charge in [0.25, 0.3) is 0 Å². The number of nitrogen functional groups attached to an aromatic ring is 1. The van der Waals surface area contributed by atoms with Crippen LogP contribution in [0.5, 0.6) is 0 Å². The number of hydrogen-bond acceptors (Lipinski definition) is 4. The molecule has 1 aliphatic carbocycles. The number of sulfonamides is 1. The first-order chi connectivity index (χ1) is 9.81. The summed E-state index contributed by atoms with van der Waals surface area (Å²) >= 11 is 0. The van der Waals surface area contributed by atoms with Crippen LogP contribution < -0.4 is 15.8 Å². The molecule has 0 spiro atoms. The van der Waals surface area contributed by atoms with Gasteiger partial charge in [-0.15, -0.1) is 0 Å². The summed E-state index contributed by atoms with van der Waals surface area (Å²) in [6, 6.07) is 4.79. The van der Waals surface area contributed by atoms with Crippen molar-refractivity contribution in [3.63, 3.8) is 0 Å². The molecule has 1 aromatic carbocycles. The molecule has 5 nitrogen and oxygen atoms in total.